The molecule has 0 saturated carbocycles. The van der Waals surface area contributed by atoms with Crippen molar-refractivity contribution >= 4 is 74.0 Å². The zero-order valence-electron chi connectivity index (χ0n) is 41.1. The Morgan fingerprint density at radius 3 is 2.34 bits per heavy atom. The van der Waals surface area contributed by atoms with Gasteiger partial charge in [-0.15, -0.1) is 8.78 Å². The smallest absolute Gasteiger partial charge is 0.467 e. The van der Waals surface area contributed by atoms with Crippen molar-refractivity contribution in [2.45, 2.75) is 36.1 Å². The maximum Gasteiger partial charge on any atom is 0.586 e. The zero-order chi connectivity index (χ0) is 53.6. The average Bonchev–Trinajstić information content (AvgIpc) is 3.86. The fourth-order valence-electron chi connectivity index (χ4n) is 8.84. The molecule has 4 aliphatic rings. The van der Waals surface area contributed by atoms with Gasteiger partial charge in [0.25, 0.3) is 11.8 Å². The Hall–Kier alpha value is -7.36. The average molecular weight is 1090 g/mol. The molecule has 3 aromatic carbocycles. The number of piperidine rings is 1. The van der Waals surface area contributed by atoms with E-state index in [0.29, 0.717) is 96.2 Å². The first-order chi connectivity index (χ1) is 36.6. The lowest BCUT2D eigenvalue weighted by Gasteiger charge is -2.34. The van der Waals surface area contributed by atoms with Crippen LogP contribution in [-0.2, 0) is 33.6 Å². The summed E-state index contributed by atoms with van der Waals surface area (Å²) in [5, 5.41) is 12.0. The molecule has 4 aliphatic heterocycles. The lowest BCUT2D eigenvalue weighted by molar-refractivity contribution is -0.287. The molecule has 4 N–H and O–H groups in total. The second kappa shape index (κ2) is 23.3. The van der Waals surface area contributed by atoms with E-state index in [1.54, 1.807) is 30.3 Å². The van der Waals surface area contributed by atoms with Gasteiger partial charge in [-0.25, -0.2) is 8.42 Å². The molecule has 76 heavy (non-hydrogen) atoms. The maximum atomic E-state index is 14.4. The number of benzene rings is 3. The molecule has 23 nitrogen and oxygen atoms in total. The van der Waals surface area contributed by atoms with Gasteiger partial charge in [0, 0.05) is 69.4 Å². The van der Waals surface area contributed by atoms with E-state index >= 15 is 0 Å². The number of methoxy groups -OCH3 is 1. The van der Waals surface area contributed by atoms with E-state index in [0.717, 1.165) is 11.2 Å². The molecule has 2 atom stereocenters. The SMILES string of the molecule is COc1nc(Nc2cc(S(C)(=O)=O)ccc2N[C@@H](c2cccc3c2OC(F)(F)O3)c2ncccc2Cl)nc(N2CCN(CCOCCOCCOCCNc3cccc4c3C(=O)N(C3CCC(=O)NC3=O)C4=O)CC2)n1. The van der Waals surface area contributed by atoms with Crippen LogP contribution in [0.5, 0.6) is 17.5 Å². The molecular weight excluding hydrogens is 1040 g/mol. The standard InChI is InChI=1S/C49H52ClF2N11O12S/c1-70-48-59-46(56-35-28-29(76(2,68)69)11-12-33(35)55-40(41-32(50)8-5-15-54-41)31-7-4-10-37-42(31)75-49(51,52)74-37)58-47(60-48)62-19-17-61(18-20-62)21-23-72-25-27-73-26-24-71-22-16-53-34-9-3-6-30-39(34)45(67)63(44(30)66)36-13-14-38(64)57-43(36)65/h3-12,15,28,36,40,53,55H,13-14,16-27H2,1-2H3,(H,57,64,65)(H,56,58,59,60)/t36?,40-/m0/s1. The number of anilines is 5. The van der Waals surface area contributed by atoms with Gasteiger partial charge in [-0.1, -0.05) is 29.8 Å². The molecular formula is C49H52ClF2N11O12S. The van der Waals surface area contributed by atoms with Crippen LogP contribution in [0.15, 0.2) is 77.8 Å². The minimum absolute atomic E-state index is 0.00834. The fourth-order valence-corrected chi connectivity index (χ4v) is 9.72. The Bertz CT molecular complexity index is 3120. The van der Waals surface area contributed by atoms with E-state index in [2.05, 4.69) is 46.1 Å². The molecule has 2 saturated heterocycles. The lowest BCUT2D eigenvalue weighted by Crippen LogP contribution is -2.54. The molecule has 402 valence electrons. The Morgan fingerprint density at radius 1 is 0.855 bits per heavy atom. The third kappa shape index (κ3) is 12.3. The van der Waals surface area contributed by atoms with Gasteiger partial charge in [0.05, 0.1) is 90.9 Å². The first-order valence-corrected chi connectivity index (χ1v) is 26.3. The van der Waals surface area contributed by atoms with Crippen molar-refractivity contribution in [2.75, 3.05) is 113 Å². The van der Waals surface area contributed by atoms with Gasteiger partial charge in [0.1, 0.15) is 6.04 Å². The van der Waals surface area contributed by atoms with Gasteiger partial charge in [-0.05, 0) is 55.0 Å². The number of imide groups is 2. The van der Waals surface area contributed by atoms with Gasteiger partial charge >= 0.3 is 12.3 Å². The molecule has 0 spiro atoms. The number of sulfone groups is 1. The Kier molecular flexibility index (Phi) is 16.4. The molecule has 5 aromatic rings. The summed E-state index contributed by atoms with van der Waals surface area (Å²) >= 11 is 6.64. The minimum Gasteiger partial charge on any atom is -0.467 e. The monoisotopic (exact) mass is 1090 g/mol. The number of para-hydroxylation sites is 1. The van der Waals surface area contributed by atoms with Crippen LogP contribution in [-0.4, -0.2) is 166 Å². The molecule has 9 rings (SSSR count). The van der Waals surface area contributed by atoms with Crippen LogP contribution in [0.1, 0.15) is 50.9 Å². The zero-order valence-corrected chi connectivity index (χ0v) is 42.6. The molecule has 0 bridgehead atoms. The van der Waals surface area contributed by atoms with Gasteiger partial charge in [0.2, 0.25) is 23.7 Å². The second-order valence-electron chi connectivity index (χ2n) is 17.6. The summed E-state index contributed by atoms with van der Waals surface area (Å²) < 4.78 is 86.7. The predicted octanol–water partition coefficient (Wildman–Crippen LogP) is 4.28. The van der Waals surface area contributed by atoms with E-state index in [1.165, 1.54) is 49.7 Å². The van der Waals surface area contributed by atoms with E-state index in [-0.39, 0.29) is 74.3 Å². The van der Waals surface area contributed by atoms with Crippen molar-refractivity contribution in [2.24, 2.45) is 0 Å². The number of aromatic nitrogens is 4. The van der Waals surface area contributed by atoms with Crippen molar-refractivity contribution in [1.29, 1.82) is 0 Å². The van der Waals surface area contributed by atoms with Crippen LogP contribution in [0.2, 0.25) is 5.02 Å². The molecule has 4 amide bonds. The van der Waals surface area contributed by atoms with Crippen molar-refractivity contribution < 1.29 is 64.8 Å². The summed E-state index contributed by atoms with van der Waals surface area (Å²) in [6.45, 7) is 5.58. The molecule has 1 unspecified atom stereocenters. The number of carbonyl (C=O) groups excluding carboxylic acids is 4. The normalized spacial score (nSPS) is 17.6. The molecule has 27 heteroatoms. The Labute approximate surface area is 439 Å². The van der Waals surface area contributed by atoms with Gasteiger partial charge in [0.15, 0.2) is 21.3 Å². The molecule has 0 radical (unpaired) electrons. The van der Waals surface area contributed by atoms with Crippen LogP contribution in [0.25, 0.3) is 0 Å². The molecule has 2 fully saturated rings. The lowest BCUT2D eigenvalue weighted by atomic mass is 10.0. The predicted molar refractivity (Wildman–Crippen MR) is 269 cm³/mol. The number of hydrogen-bond donors (Lipinski definition) is 4. The second-order valence-corrected chi connectivity index (χ2v) is 20.0. The summed E-state index contributed by atoms with van der Waals surface area (Å²) in [5.74, 6) is -2.37. The van der Waals surface area contributed by atoms with Gasteiger partial charge in [-0.3, -0.25) is 39.3 Å². The number of nitrogens with one attached hydrogen (secondary N) is 4. The van der Waals surface area contributed by atoms with Gasteiger partial charge in [-0.2, -0.15) is 15.0 Å². The number of rotatable bonds is 23. The summed E-state index contributed by atoms with van der Waals surface area (Å²) in [5.41, 5.74) is 1.76. The number of amides is 4. The minimum atomic E-state index is -3.92. The van der Waals surface area contributed by atoms with E-state index in [9.17, 15) is 36.4 Å². The number of pyridine rings is 1. The largest absolute Gasteiger partial charge is 0.586 e. The number of fused-ring (bicyclic) bond motifs is 2. The number of halogens is 3. The van der Waals surface area contributed by atoms with Crippen LogP contribution in [0, 0.1) is 0 Å². The summed E-state index contributed by atoms with van der Waals surface area (Å²) in [4.78, 5) is 73.5. The fraction of sp³-hybridized carbons (Fsp3) is 0.388. The highest BCUT2D eigenvalue weighted by Gasteiger charge is 2.47. The number of ether oxygens (including phenoxy) is 6. The van der Waals surface area contributed by atoms with Crippen LogP contribution < -0.4 is 40.4 Å². The summed E-state index contributed by atoms with van der Waals surface area (Å²) in [6, 6.07) is 14.7. The molecule has 2 aromatic heterocycles. The topological polar surface area (TPSA) is 267 Å². The summed E-state index contributed by atoms with van der Waals surface area (Å²) in [7, 11) is -2.33. The number of alkyl halides is 2. The van der Waals surface area contributed by atoms with Crippen LogP contribution >= 0.6 is 11.6 Å². The van der Waals surface area contributed by atoms with Crippen molar-refractivity contribution in [3.63, 3.8) is 0 Å². The van der Waals surface area contributed by atoms with E-state index < -0.39 is 51.8 Å². The van der Waals surface area contributed by atoms with Crippen molar-refractivity contribution in [1.82, 2.24) is 35.1 Å². The van der Waals surface area contributed by atoms with Crippen LogP contribution in [0.3, 0.4) is 0 Å². The summed E-state index contributed by atoms with van der Waals surface area (Å²) in [6.07, 6.45) is -1.25. The molecule has 0 aliphatic carbocycles. The first-order valence-electron chi connectivity index (χ1n) is 24.0. The quantitative estimate of drug-likeness (QED) is 0.0525. The molecule has 6 heterocycles. The van der Waals surface area contributed by atoms with Crippen LogP contribution in [0.4, 0.5) is 37.7 Å². The maximum absolute atomic E-state index is 14.4. The van der Waals surface area contributed by atoms with Gasteiger partial charge < -0.3 is 49.3 Å². The third-order valence-electron chi connectivity index (χ3n) is 12.6. The first kappa shape index (κ1) is 53.5. The highest BCUT2D eigenvalue weighted by Crippen LogP contribution is 2.48. The third-order valence-corrected chi connectivity index (χ3v) is 14.0. The number of carbonyl (C=O) groups is 4. The number of hydrogen-bond acceptors (Lipinski definition) is 21. The van der Waals surface area contributed by atoms with Crippen molar-refractivity contribution in [3.8, 4) is 17.5 Å². The van der Waals surface area contributed by atoms with Crippen molar-refractivity contribution in [3.05, 3.63) is 100 Å². The number of nitrogens with zero attached hydrogens (tertiary/aromatic N) is 7. The number of piperazine rings is 1. The van der Waals surface area contributed by atoms with E-state index in [4.69, 9.17) is 40.0 Å². The Balaban J connectivity index is 0.728. The Morgan fingerprint density at radius 2 is 1.61 bits per heavy atom. The highest BCUT2D eigenvalue weighted by molar-refractivity contribution is 7.90. The van der Waals surface area contributed by atoms with E-state index in [1.807, 2.05) is 4.90 Å². The highest BCUT2D eigenvalue weighted by atomic mass is 35.5.